The van der Waals surface area contributed by atoms with Crippen molar-refractivity contribution in [1.29, 1.82) is 0 Å². The number of allylic oxidation sites excluding steroid dienone is 1. The lowest BCUT2D eigenvalue weighted by Gasteiger charge is -2.59. The number of carbonyl (C=O) groups is 1. The van der Waals surface area contributed by atoms with Crippen LogP contribution >= 0.6 is 0 Å². The quantitative estimate of drug-likeness (QED) is 0.0512. The Morgan fingerprint density at radius 3 is 2.54 bits per heavy atom. The predicted octanol–water partition coefficient (Wildman–Crippen LogP) is 8.69. The van der Waals surface area contributed by atoms with Gasteiger partial charge in [0, 0.05) is 43.4 Å². The van der Waals surface area contributed by atoms with E-state index in [1.165, 1.54) is 0 Å². The summed E-state index contributed by atoms with van der Waals surface area (Å²) in [6.07, 6.45) is 9.24. The van der Waals surface area contributed by atoms with Gasteiger partial charge in [0.05, 0.1) is 37.1 Å². The Bertz CT molecular complexity index is 1920. The highest BCUT2D eigenvalue weighted by atomic mass is 16.7. The fourth-order valence-corrected chi connectivity index (χ4v) is 9.37. The molecule has 3 aliphatic rings. The Morgan fingerprint density at radius 1 is 1.00 bits per heavy atom. The van der Waals surface area contributed by atoms with Crippen LogP contribution in [0.4, 0.5) is 4.79 Å². The van der Waals surface area contributed by atoms with Crippen molar-refractivity contribution < 1.29 is 43.5 Å². The molecular weight excluding hydrogens is 775 g/mol. The molecule has 0 saturated heterocycles. The van der Waals surface area contributed by atoms with Crippen LogP contribution in [0, 0.1) is 24.7 Å². The fourth-order valence-electron chi connectivity index (χ4n) is 9.37. The highest BCUT2D eigenvalue weighted by Gasteiger charge is 2.65. The largest absolute Gasteiger partial charge is 0.487 e. The highest BCUT2D eigenvalue weighted by molar-refractivity contribution is 6.03. The van der Waals surface area contributed by atoms with Crippen molar-refractivity contribution in [3.63, 3.8) is 0 Å². The number of fused-ring (bicyclic) bond motifs is 2. The Hall–Kier alpha value is -4.75. The van der Waals surface area contributed by atoms with Crippen LogP contribution in [0.2, 0.25) is 0 Å². The summed E-state index contributed by atoms with van der Waals surface area (Å²) in [4.78, 5) is 26.7. The van der Waals surface area contributed by atoms with Crippen molar-refractivity contribution in [3.8, 4) is 11.5 Å². The van der Waals surface area contributed by atoms with E-state index < -0.39 is 23.8 Å². The summed E-state index contributed by atoms with van der Waals surface area (Å²) in [6.45, 7) is 12.1. The highest BCUT2D eigenvalue weighted by Crippen LogP contribution is 2.62. The molecule has 2 heterocycles. The summed E-state index contributed by atoms with van der Waals surface area (Å²) in [7, 11) is 0. The third-order valence-electron chi connectivity index (χ3n) is 11.9. The molecule has 0 radical (unpaired) electrons. The molecule has 61 heavy (non-hydrogen) atoms. The Balaban J connectivity index is 1.44. The maximum atomic E-state index is 14.4. The molecule has 6 unspecified atom stereocenters. The maximum absolute atomic E-state index is 14.4. The first-order valence-electron chi connectivity index (χ1n) is 22.2. The Kier molecular flexibility index (Phi) is 17.2. The molecule has 0 spiro atoms. The van der Waals surface area contributed by atoms with Crippen molar-refractivity contribution in [2.24, 2.45) is 22.9 Å². The number of hydrogen-bond donors (Lipinski definition) is 2. The molecule has 1 saturated carbocycles. The van der Waals surface area contributed by atoms with Crippen molar-refractivity contribution in [3.05, 3.63) is 114 Å². The van der Waals surface area contributed by atoms with Gasteiger partial charge in [0.1, 0.15) is 37.4 Å². The van der Waals surface area contributed by atoms with Gasteiger partial charge in [-0.1, -0.05) is 73.5 Å². The van der Waals surface area contributed by atoms with E-state index in [-0.39, 0.29) is 50.8 Å². The van der Waals surface area contributed by atoms with Gasteiger partial charge in [-0.05, 0) is 99.3 Å². The monoisotopic (exact) mass is 839 g/mol. The van der Waals surface area contributed by atoms with Crippen molar-refractivity contribution in [2.45, 2.75) is 103 Å². The zero-order valence-electron chi connectivity index (χ0n) is 36.2. The summed E-state index contributed by atoms with van der Waals surface area (Å²) in [5.74, 6) is -0.436. The molecule has 1 amide bonds. The van der Waals surface area contributed by atoms with Crippen LogP contribution in [-0.4, -0.2) is 89.9 Å². The first kappa shape index (κ1) is 45.8. The van der Waals surface area contributed by atoms with Gasteiger partial charge in [0.2, 0.25) is 5.79 Å². The lowest BCUT2D eigenvalue weighted by atomic mass is 9.55. The van der Waals surface area contributed by atoms with Gasteiger partial charge < -0.3 is 38.7 Å². The number of rotatable bonds is 24. The van der Waals surface area contributed by atoms with E-state index in [1.807, 2.05) is 81.4 Å². The molecule has 12 heteroatoms. The zero-order chi connectivity index (χ0) is 43.0. The molecule has 6 rings (SSSR count). The number of carbonyl (C=O) groups excluding carboxylic acids is 1. The van der Waals surface area contributed by atoms with Crippen LogP contribution in [0.1, 0.15) is 93.6 Å². The van der Waals surface area contributed by atoms with E-state index in [9.17, 15) is 15.0 Å². The number of aromatic nitrogens is 1. The minimum atomic E-state index is -1.37. The Labute approximate surface area is 361 Å². The van der Waals surface area contributed by atoms with Gasteiger partial charge >= 0.3 is 6.09 Å². The van der Waals surface area contributed by atoms with E-state index in [0.717, 1.165) is 59.5 Å². The standard InChI is InChI=1S/C49H65N3O9/c1-5-24-52(48(55)57-29-28-56-33-36-17-9-8-10-18-36)45-32-43(51-60-7-3)41-30-37(19-11-13-25-53)40(21-12-14-26-54)46-42-31-39(58-34-38-20-15-16-35(4)50-38)22-23-44(42)61-49(45,47(41)46)59-27-6-2/h6,8-10,15-18,20,22-23,30-31,37,40,45-47,53-54H,2,5,7,11-14,19,21,24-29,32-34H2,1,3-4H3. The van der Waals surface area contributed by atoms with Gasteiger partial charge in [-0.15, -0.1) is 6.58 Å². The second kappa shape index (κ2) is 22.9. The lowest BCUT2D eigenvalue weighted by molar-refractivity contribution is -0.255. The number of ether oxygens (including phenoxy) is 5. The van der Waals surface area contributed by atoms with E-state index in [2.05, 4.69) is 23.7 Å². The average Bonchev–Trinajstić information content (AvgIpc) is 3.27. The van der Waals surface area contributed by atoms with Crippen LogP contribution in [0.3, 0.4) is 0 Å². The van der Waals surface area contributed by atoms with Crippen LogP contribution in [0.25, 0.3) is 0 Å². The molecule has 1 aromatic heterocycles. The third-order valence-corrected chi connectivity index (χ3v) is 11.9. The summed E-state index contributed by atoms with van der Waals surface area (Å²) in [5.41, 5.74) is 5.50. The molecule has 3 aromatic rings. The first-order chi connectivity index (χ1) is 29.9. The van der Waals surface area contributed by atoms with E-state index >= 15 is 0 Å². The number of unbranched alkanes of at least 4 members (excludes halogenated alkanes) is 2. The molecule has 330 valence electrons. The number of hydrogen-bond acceptors (Lipinski definition) is 11. The van der Waals surface area contributed by atoms with Gasteiger partial charge in [0.25, 0.3) is 0 Å². The maximum Gasteiger partial charge on any atom is 0.410 e. The fraction of sp³-hybridized carbons (Fsp3) is 0.531. The van der Waals surface area contributed by atoms with Gasteiger partial charge in [-0.2, -0.15) is 0 Å². The number of aliphatic hydroxyl groups excluding tert-OH is 2. The van der Waals surface area contributed by atoms with Crippen LogP contribution in [-0.2, 0) is 32.3 Å². The molecule has 2 aromatic carbocycles. The molecule has 0 bridgehead atoms. The predicted molar refractivity (Wildman–Crippen MR) is 234 cm³/mol. The number of benzene rings is 2. The molecule has 2 N–H and O–H groups in total. The van der Waals surface area contributed by atoms with Crippen LogP contribution in [0.15, 0.2) is 96.2 Å². The zero-order valence-corrected chi connectivity index (χ0v) is 36.2. The number of nitrogens with zero attached hydrogens (tertiary/aromatic N) is 3. The number of pyridine rings is 1. The second-order valence-electron chi connectivity index (χ2n) is 16.1. The van der Waals surface area contributed by atoms with Crippen molar-refractivity contribution in [2.75, 3.05) is 46.2 Å². The first-order valence-corrected chi connectivity index (χ1v) is 22.2. The normalized spacial score (nSPS) is 23.3. The van der Waals surface area contributed by atoms with E-state index in [4.69, 9.17) is 33.7 Å². The van der Waals surface area contributed by atoms with Crippen molar-refractivity contribution in [1.82, 2.24) is 9.88 Å². The topological polar surface area (TPSA) is 141 Å². The number of aryl methyl sites for hydroxylation is 1. The van der Waals surface area contributed by atoms with Gasteiger partial charge in [-0.3, -0.25) is 9.88 Å². The molecular formula is C49H65N3O9. The molecule has 12 nitrogen and oxygen atoms in total. The molecule has 1 fully saturated rings. The van der Waals surface area contributed by atoms with E-state index in [0.29, 0.717) is 63.5 Å². The summed E-state index contributed by atoms with van der Waals surface area (Å²) >= 11 is 0. The molecule has 1 aliphatic heterocycles. The summed E-state index contributed by atoms with van der Waals surface area (Å²) in [6, 6.07) is 21.1. The number of aliphatic hydroxyl groups is 2. The van der Waals surface area contributed by atoms with Crippen LogP contribution < -0.4 is 9.47 Å². The minimum absolute atomic E-state index is 0.0726. The van der Waals surface area contributed by atoms with Crippen molar-refractivity contribution >= 4 is 11.8 Å². The Morgan fingerprint density at radius 2 is 1.80 bits per heavy atom. The van der Waals surface area contributed by atoms with Gasteiger partial charge in [0.15, 0.2) is 0 Å². The average molecular weight is 840 g/mol. The minimum Gasteiger partial charge on any atom is -0.487 e. The van der Waals surface area contributed by atoms with Gasteiger partial charge in [-0.25, -0.2) is 4.79 Å². The van der Waals surface area contributed by atoms with Crippen LogP contribution in [0.5, 0.6) is 11.5 Å². The number of oxime groups is 1. The third kappa shape index (κ3) is 11.2. The SMILES string of the molecule is C=CCOC12Oc3ccc(OCc4cccc(C)n4)cc3C3C(CCCCO)C(CCCCO)C=C(C(=NOCC)CC1N(CCC)C(=O)OCCOCc1ccccc1)C32. The smallest absolute Gasteiger partial charge is 0.410 e. The number of amides is 1. The summed E-state index contributed by atoms with van der Waals surface area (Å²) in [5, 5.41) is 24.6. The second-order valence-corrected chi connectivity index (χ2v) is 16.1. The molecule has 2 aliphatic carbocycles. The molecule has 6 atom stereocenters. The summed E-state index contributed by atoms with van der Waals surface area (Å²) < 4.78 is 32.6. The van der Waals surface area contributed by atoms with E-state index in [1.54, 1.807) is 11.0 Å². The lowest BCUT2D eigenvalue weighted by Crippen LogP contribution is -2.70.